The number of carbonyl (C=O) groups excluding carboxylic acids is 1. The van der Waals surface area contributed by atoms with Gasteiger partial charge in [-0.1, -0.05) is 23.2 Å². The van der Waals surface area contributed by atoms with Crippen LogP contribution in [0.1, 0.15) is 23.2 Å². The molecule has 2 N–H and O–H groups in total. The van der Waals surface area contributed by atoms with Crippen LogP contribution in [0.25, 0.3) is 0 Å². The molecule has 20 heavy (non-hydrogen) atoms. The number of amides is 1. The third-order valence-electron chi connectivity index (χ3n) is 3.12. The molecule has 1 saturated heterocycles. The fraction of sp³-hybridized carbons (Fsp3) is 0.462. The molecule has 1 amide bonds. The van der Waals surface area contributed by atoms with Crippen molar-refractivity contribution in [2.45, 2.75) is 18.9 Å². The van der Waals surface area contributed by atoms with Gasteiger partial charge in [-0.2, -0.15) is 0 Å². The van der Waals surface area contributed by atoms with E-state index < -0.39 is 0 Å². The summed E-state index contributed by atoms with van der Waals surface area (Å²) in [4.78, 5) is 12.2. The Morgan fingerprint density at radius 1 is 1.40 bits per heavy atom. The summed E-state index contributed by atoms with van der Waals surface area (Å²) >= 11 is 11.9. The first-order chi connectivity index (χ1) is 9.11. The number of methoxy groups -OCH3 is 1. The fourth-order valence-corrected chi connectivity index (χ4v) is 2.43. The zero-order valence-corrected chi connectivity index (χ0v) is 13.4. The number of hydrogen-bond acceptors (Lipinski definition) is 3. The molecular weight excluding hydrogens is 323 g/mol. The van der Waals surface area contributed by atoms with Crippen LogP contribution in [0.3, 0.4) is 0 Å². The van der Waals surface area contributed by atoms with Crippen LogP contribution in [-0.2, 0) is 0 Å². The first-order valence-electron chi connectivity index (χ1n) is 6.16. The molecule has 1 aliphatic heterocycles. The highest BCUT2D eigenvalue weighted by Gasteiger charge is 2.20. The monoisotopic (exact) mass is 338 g/mol. The average Bonchev–Trinajstić information content (AvgIpc) is 2.42. The number of rotatable bonds is 3. The first kappa shape index (κ1) is 17.4. The zero-order valence-electron chi connectivity index (χ0n) is 11.0. The maximum atomic E-state index is 12.2. The van der Waals surface area contributed by atoms with E-state index in [2.05, 4.69) is 10.6 Å². The van der Waals surface area contributed by atoms with Gasteiger partial charge in [-0.3, -0.25) is 4.79 Å². The van der Waals surface area contributed by atoms with Gasteiger partial charge in [-0.15, -0.1) is 12.4 Å². The van der Waals surface area contributed by atoms with Gasteiger partial charge in [0, 0.05) is 18.7 Å². The predicted octanol–water partition coefficient (Wildman–Crippen LogP) is 2.91. The van der Waals surface area contributed by atoms with E-state index in [0.29, 0.717) is 21.4 Å². The molecule has 0 aliphatic carbocycles. The predicted molar refractivity (Wildman–Crippen MR) is 83.6 cm³/mol. The lowest BCUT2D eigenvalue weighted by Gasteiger charge is -2.24. The van der Waals surface area contributed by atoms with Crippen LogP contribution in [0.15, 0.2) is 12.1 Å². The minimum atomic E-state index is -0.191. The maximum Gasteiger partial charge on any atom is 0.255 e. The Labute approximate surface area is 134 Å². The maximum absolute atomic E-state index is 12.2. The SMILES string of the molecule is COc1cc(Cl)c(Cl)cc1C(=O)NC1CCCNC1.Cl. The third-order valence-corrected chi connectivity index (χ3v) is 3.84. The van der Waals surface area contributed by atoms with Crippen molar-refractivity contribution in [3.05, 3.63) is 27.7 Å². The Morgan fingerprint density at radius 3 is 2.70 bits per heavy atom. The summed E-state index contributed by atoms with van der Waals surface area (Å²) in [6.07, 6.45) is 2.03. The Morgan fingerprint density at radius 2 is 2.10 bits per heavy atom. The molecule has 0 bridgehead atoms. The van der Waals surface area contributed by atoms with Gasteiger partial charge in [-0.05, 0) is 25.5 Å². The second-order valence-corrected chi connectivity index (χ2v) is 5.30. The normalized spacial score (nSPS) is 18.1. The van der Waals surface area contributed by atoms with Gasteiger partial charge in [0.2, 0.25) is 0 Å². The number of hydrogen-bond donors (Lipinski definition) is 2. The first-order valence-corrected chi connectivity index (χ1v) is 6.92. The molecule has 0 aromatic heterocycles. The van der Waals surface area contributed by atoms with Gasteiger partial charge in [-0.25, -0.2) is 0 Å². The fourth-order valence-electron chi connectivity index (χ4n) is 2.11. The Hall–Kier alpha value is -0.680. The van der Waals surface area contributed by atoms with Gasteiger partial charge in [0.25, 0.3) is 5.91 Å². The van der Waals surface area contributed by atoms with Crippen molar-refractivity contribution in [1.82, 2.24) is 10.6 Å². The summed E-state index contributed by atoms with van der Waals surface area (Å²) in [5, 5.41) is 6.93. The van der Waals surface area contributed by atoms with Crippen LogP contribution >= 0.6 is 35.6 Å². The van der Waals surface area contributed by atoms with Crippen LogP contribution in [0.2, 0.25) is 10.0 Å². The second kappa shape index (κ2) is 7.93. The van der Waals surface area contributed by atoms with Crippen LogP contribution in [-0.4, -0.2) is 32.1 Å². The van der Waals surface area contributed by atoms with Crippen molar-refractivity contribution < 1.29 is 9.53 Å². The molecule has 7 heteroatoms. The molecule has 2 rings (SSSR count). The lowest BCUT2D eigenvalue weighted by atomic mass is 10.1. The van der Waals surface area contributed by atoms with Gasteiger partial charge in [0.15, 0.2) is 0 Å². The van der Waals surface area contributed by atoms with E-state index in [0.717, 1.165) is 25.9 Å². The molecule has 1 fully saturated rings. The molecule has 0 radical (unpaired) electrons. The summed E-state index contributed by atoms with van der Waals surface area (Å²) in [7, 11) is 1.50. The highest BCUT2D eigenvalue weighted by molar-refractivity contribution is 6.42. The molecule has 1 aliphatic rings. The summed E-state index contributed by atoms with van der Waals surface area (Å²) in [5.41, 5.74) is 0.405. The molecule has 0 saturated carbocycles. The zero-order chi connectivity index (χ0) is 13.8. The Kier molecular flexibility index (Phi) is 6.89. The van der Waals surface area contributed by atoms with E-state index in [9.17, 15) is 4.79 Å². The van der Waals surface area contributed by atoms with Crippen molar-refractivity contribution in [3.8, 4) is 5.75 Å². The number of piperidine rings is 1. The van der Waals surface area contributed by atoms with Gasteiger partial charge < -0.3 is 15.4 Å². The van der Waals surface area contributed by atoms with E-state index in [-0.39, 0.29) is 24.4 Å². The molecule has 1 heterocycles. The minimum Gasteiger partial charge on any atom is -0.496 e. The van der Waals surface area contributed by atoms with Crippen LogP contribution in [0.4, 0.5) is 0 Å². The second-order valence-electron chi connectivity index (χ2n) is 4.48. The number of halogens is 3. The van der Waals surface area contributed by atoms with Crippen molar-refractivity contribution in [2.75, 3.05) is 20.2 Å². The summed E-state index contributed by atoms with van der Waals surface area (Å²) in [6, 6.07) is 3.23. The third kappa shape index (κ3) is 4.16. The lowest BCUT2D eigenvalue weighted by molar-refractivity contribution is 0.0927. The Balaban J connectivity index is 0.00000200. The standard InChI is InChI=1S/C13H16Cl2N2O2.ClH/c1-19-12-6-11(15)10(14)5-9(12)13(18)17-8-3-2-4-16-7-8;/h5-6,8,16H,2-4,7H2,1H3,(H,17,18);1H. The van der Waals surface area contributed by atoms with E-state index in [1.807, 2.05) is 0 Å². The topological polar surface area (TPSA) is 50.4 Å². The van der Waals surface area contributed by atoms with Gasteiger partial charge in [0.05, 0.1) is 22.7 Å². The number of carbonyl (C=O) groups is 1. The molecule has 1 aromatic carbocycles. The highest BCUT2D eigenvalue weighted by atomic mass is 35.5. The lowest BCUT2D eigenvalue weighted by Crippen LogP contribution is -2.45. The highest BCUT2D eigenvalue weighted by Crippen LogP contribution is 2.30. The largest absolute Gasteiger partial charge is 0.496 e. The van der Waals surface area contributed by atoms with Gasteiger partial charge in [0.1, 0.15) is 5.75 Å². The van der Waals surface area contributed by atoms with Crippen LogP contribution < -0.4 is 15.4 Å². The molecule has 0 spiro atoms. The molecule has 4 nitrogen and oxygen atoms in total. The van der Waals surface area contributed by atoms with E-state index >= 15 is 0 Å². The summed E-state index contributed by atoms with van der Waals surface area (Å²) in [5.74, 6) is 0.236. The minimum absolute atomic E-state index is 0. The van der Waals surface area contributed by atoms with Crippen LogP contribution in [0, 0.1) is 0 Å². The molecule has 1 aromatic rings. The Bertz CT molecular complexity index is 477. The van der Waals surface area contributed by atoms with Crippen LogP contribution in [0.5, 0.6) is 5.75 Å². The van der Waals surface area contributed by atoms with E-state index in [4.69, 9.17) is 27.9 Å². The molecule has 112 valence electrons. The van der Waals surface area contributed by atoms with Crippen molar-refractivity contribution in [3.63, 3.8) is 0 Å². The van der Waals surface area contributed by atoms with E-state index in [1.165, 1.54) is 13.2 Å². The number of benzene rings is 1. The smallest absolute Gasteiger partial charge is 0.255 e. The van der Waals surface area contributed by atoms with Crippen molar-refractivity contribution >= 4 is 41.5 Å². The number of nitrogens with one attached hydrogen (secondary N) is 2. The van der Waals surface area contributed by atoms with Crippen molar-refractivity contribution in [1.29, 1.82) is 0 Å². The molecule has 1 unspecified atom stereocenters. The van der Waals surface area contributed by atoms with Crippen molar-refractivity contribution in [2.24, 2.45) is 0 Å². The summed E-state index contributed by atoms with van der Waals surface area (Å²) in [6.45, 7) is 1.79. The molecule has 1 atom stereocenters. The average molecular weight is 340 g/mol. The summed E-state index contributed by atoms with van der Waals surface area (Å²) < 4.78 is 5.17. The van der Waals surface area contributed by atoms with Gasteiger partial charge >= 0.3 is 0 Å². The molecular formula is C13H17Cl3N2O2. The number of ether oxygens (including phenoxy) is 1. The quantitative estimate of drug-likeness (QED) is 0.890. The van der Waals surface area contributed by atoms with E-state index in [1.54, 1.807) is 6.07 Å².